The molecule has 0 heterocycles. The van der Waals surface area contributed by atoms with Crippen molar-refractivity contribution < 1.29 is 9.59 Å². The Morgan fingerprint density at radius 2 is 1.95 bits per heavy atom. The van der Waals surface area contributed by atoms with Crippen molar-refractivity contribution in [2.45, 2.75) is 24.0 Å². The van der Waals surface area contributed by atoms with Crippen LogP contribution >= 0.6 is 35.0 Å². The Balaban J connectivity index is 2.92. The quantitative estimate of drug-likeness (QED) is 0.836. The van der Waals surface area contributed by atoms with Gasteiger partial charge in [-0.05, 0) is 24.1 Å². The summed E-state index contributed by atoms with van der Waals surface area (Å²) in [6, 6.07) is 4.15. The fourth-order valence-electron chi connectivity index (χ4n) is 1.39. The molecule has 1 aromatic carbocycles. The van der Waals surface area contributed by atoms with Gasteiger partial charge in [-0.1, -0.05) is 37.0 Å². The van der Waals surface area contributed by atoms with E-state index in [0.29, 0.717) is 14.9 Å². The number of primary amides is 1. The van der Waals surface area contributed by atoms with Crippen LogP contribution in [0.25, 0.3) is 0 Å². The highest BCUT2D eigenvalue weighted by Crippen LogP contribution is 2.35. The zero-order valence-corrected chi connectivity index (χ0v) is 12.8. The largest absolute Gasteiger partial charge is 0.351 e. The molecule has 0 aliphatic heterocycles. The monoisotopic (exact) mass is 320 g/mol. The van der Waals surface area contributed by atoms with Crippen molar-refractivity contribution >= 4 is 46.9 Å². The fourth-order valence-corrected chi connectivity index (χ4v) is 2.96. The molecule has 3 amide bonds. The number of thioether (sulfide) groups is 1. The summed E-state index contributed by atoms with van der Waals surface area (Å²) in [5, 5.41) is 2.64. The van der Waals surface area contributed by atoms with Crippen LogP contribution in [-0.4, -0.2) is 17.2 Å². The number of hydrogen-bond donors (Lipinski definition) is 2. The Kier molecular flexibility index (Phi) is 5.97. The topological polar surface area (TPSA) is 72.2 Å². The number of urea groups is 1. The van der Waals surface area contributed by atoms with Gasteiger partial charge in [-0.15, -0.1) is 11.8 Å². The highest BCUT2D eigenvalue weighted by Gasteiger charge is 2.25. The Morgan fingerprint density at radius 1 is 1.32 bits per heavy atom. The molecule has 0 radical (unpaired) electrons. The van der Waals surface area contributed by atoms with E-state index in [-0.39, 0.29) is 5.92 Å². The minimum atomic E-state index is -0.867. The molecule has 0 saturated carbocycles. The third kappa shape index (κ3) is 4.93. The normalized spacial score (nSPS) is 12.3. The van der Waals surface area contributed by atoms with E-state index in [1.54, 1.807) is 18.2 Å². The number of hydrogen-bond acceptors (Lipinski definition) is 3. The number of rotatable bonds is 4. The van der Waals surface area contributed by atoms with E-state index in [1.807, 2.05) is 13.8 Å². The molecule has 0 aromatic heterocycles. The summed E-state index contributed by atoms with van der Waals surface area (Å²) < 4.78 is 0. The van der Waals surface area contributed by atoms with E-state index in [1.165, 1.54) is 11.8 Å². The minimum Gasteiger partial charge on any atom is -0.351 e. The van der Waals surface area contributed by atoms with Crippen LogP contribution in [0.3, 0.4) is 0 Å². The number of benzene rings is 1. The van der Waals surface area contributed by atoms with Crippen LogP contribution in [0.15, 0.2) is 23.1 Å². The molecule has 0 bridgehead atoms. The standard InChI is InChI=1S/C12H14Cl2N2O2S/c1-6(2)10(11(17)16-12(15)18)19-9-5-7(13)3-4-8(9)14/h3-6,10H,1-2H3,(H3,15,16,17,18)/t10-/m0/s1. The highest BCUT2D eigenvalue weighted by molar-refractivity contribution is 8.00. The zero-order chi connectivity index (χ0) is 14.6. The van der Waals surface area contributed by atoms with Crippen LogP contribution in [0.1, 0.15) is 13.8 Å². The molecule has 0 aliphatic carbocycles. The number of nitrogens with two attached hydrogens (primary N) is 1. The summed E-state index contributed by atoms with van der Waals surface area (Å²) in [5.41, 5.74) is 4.95. The van der Waals surface area contributed by atoms with Gasteiger partial charge in [-0.2, -0.15) is 0 Å². The van der Waals surface area contributed by atoms with Crippen LogP contribution < -0.4 is 11.1 Å². The second kappa shape index (κ2) is 7.03. The molecule has 0 spiro atoms. The summed E-state index contributed by atoms with van der Waals surface area (Å²) in [4.78, 5) is 23.3. The van der Waals surface area contributed by atoms with Crippen LogP contribution in [0.5, 0.6) is 0 Å². The van der Waals surface area contributed by atoms with Crippen LogP contribution in [0, 0.1) is 5.92 Å². The number of nitrogens with one attached hydrogen (secondary N) is 1. The lowest BCUT2D eigenvalue weighted by molar-refractivity contribution is -0.120. The maximum atomic E-state index is 11.9. The fraction of sp³-hybridized carbons (Fsp3) is 0.333. The predicted molar refractivity (Wildman–Crippen MR) is 78.7 cm³/mol. The number of imide groups is 1. The minimum absolute atomic E-state index is 0.000557. The average molecular weight is 321 g/mol. The lowest BCUT2D eigenvalue weighted by Gasteiger charge is -2.19. The molecule has 7 heteroatoms. The van der Waals surface area contributed by atoms with Gasteiger partial charge in [0.15, 0.2) is 0 Å². The molecule has 0 unspecified atom stereocenters. The smallest absolute Gasteiger partial charge is 0.318 e. The third-order valence-corrected chi connectivity index (χ3v) is 4.54. The Labute approximate surface area is 126 Å². The summed E-state index contributed by atoms with van der Waals surface area (Å²) >= 11 is 13.2. The molecular formula is C12H14Cl2N2O2S. The van der Waals surface area contributed by atoms with Crippen molar-refractivity contribution in [2.75, 3.05) is 0 Å². The Morgan fingerprint density at radius 3 is 2.47 bits per heavy atom. The van der Waals surface area contributed by atoms with Gasteiger partial charge in [0.2, 0.25) is 5.91 Å². The highest BCUT2D eigenvalue weighted by atomic mass is 35.5. The van der Waals surface area contributed by atoms with E-state index in [9.17, 15) is 9.59 Å². The molecular weight excluding hydrogens is 307 g/mol. The van der Waals surface area contributed by atoms with E-state index >= 15 is 0 Å². The van der Waals surface area contributed by atoms with E-state index in [2.05, 4.69) is 5.32 Å². The maximum Gasteiger partial charge on any atom is 0.318 e. The lowest BCUT2D eigenvalue weighted by atomic mass is 10.1. The van der Waals surface area contributed by atoms with Crippen LogP contribution in [-0.2, 0) is 4.79 Å². The van der Waals surface area contributed by atoms with Crippen molar-refractivity contribution in [1.29, 1.82) is 0 Å². The predicted octanol–water partition coefficient (Wildman–Crippen LogP) is 3.31. The Hall–Kier alpha value is -0.910. The summed E-state index contributed by atoms with van der Waals surface area (Å²) in [7, 11) is 0. The lowest BCUT2D eigenvalue weighted by Crippen LogP contribution is -2.42. The van der Waals surface area contributed by atoms with E-state index in [0.717, 1.165) is 0 Å². The summed E-state index contributed by atoms with van der Waals surface area (Å²) in [6.45, 7) is 3.74. The first kappa shape index (κ1) is 16.1. The number of carbonyl (C=O) groups is 2. The van der Waals surface area contributed by atoms with E-state index < -0.39 is 17.2 Å². The first-order valence-electron chi connectivity index (χ1n) is 5.53. The van der Waals surface area contributed by atoms with Crippen molar-refractivity contribution in [3.05, 3.63) is 28.2 Å². The molecule has 0 aliphatic rings. The second-order valence-electron chi connectivity index (χ2n) is 4.21. The Bertz CT molecular complexity index is 495. The second-order valence-corrected chi connectivity index (χ2v) is 6.24. The average Bonchev–Trinajstić information content (AvgIpc) is 2.28. The summed E-state index contributed by atoms with van der Waals surface area (Å²) in [6.07, 6.45) is 0. The van der Waals surface area contributed by atoms with Gasteiger partial charge in [-0.25, -0.2) is 4.79 Å². The van der Waals surface area contributed by atoms with Gasteiger partial charge in [0.1, 0.15) is 0 Å². The number of amides is 3. The van der Waals surface area contributed by atoms with Crippen LogP contribution in [0.2, 0.25) is 10.0 Å². The third-order valence-electron chi connectivity index (χ3n) is 2.26. The molecule has 0 fully saturated rings. The maximum absolute atomic E-state index is 11.9. The van der Waals surface area contributed by atoms with Crippen LogP contribution in [0.4, 0.5) is 4.79 Å². The number of carbonyl (C=O) groups excluding carboxylic acids is 2. The van der Waals surface area contributed by atoms with Gasteiger partial charge in [0.25, 0.3) is 0 Å². The zero-order valence-electron chi connectivity index (χ0n) is 10.4. The molecule has 19 heavy (non-hydrogen) atoms. The molecule has 0 saturated heterocycles. The molecule has 1 aromatic rings. The van der Waals surface area contributed by atoms with Gasteiger partial charge in [0, 0.05) is 9.92 Å². The van der Waals surface area contributed by atoms with E-state index in [4.69, 9.17) is 28.9 Å². The summed E-state index contributed by atoms with van der Waals surface area (Å²) in [5.74, 6) is -0.442. The molecule has 1 atom stereocenters. The molecule has 3 N–H and O–H groups in total. The van der Waals surface area contributed by atoms with Crippen molar-refractivity contribution in [2.24, 2.45) is 11.7 Å². The first-order valence-corrected chi connectivity index (χ1v) is 7.17. The van der Waals surface area contributed by atoms with Crippen molar-refractivity contribution in [3.8, 4) is 0 Å². The first-order chi connectivity index (χ1) is 8.81. The molecule has 4 nitrogen and oxygen atoms in total. The van der Waals surface area contributed by atoms with Gasteiger partial charge >= 0.3 is 6.03 Å². The van der Waals surface area contributed by atoms with Gasteiger partial charge < -0.3 is 5.73 Å². The SMILES string of the molecule is CC(C)[C@H](Sc1cc(Cl)ccc1Cl)C(=O)NC(N)=O. The van der Waals surface area contributed by atoms with Crippen molar-refractivity contribution in [1.82, 2.24) is 5.32 Å². The van der Waals surface area contributed by atoms with Gasteiger partial charge in [0.05, 0.1) is 10.3 Å². The molecule has 1 rings (SSSR count). The molecule has 104 valence electrons. The van der Waals surface area contributed by atoms with Crippen molar-refractivity contribution in [3.63, 3.8) is 0 Å². The van der Waals surface area contributed by atoms with Gasteiger partial charge in [-0.3, -0.25) is 10.1 Å². The number of halogens is 2.